The van der Waals surface area contributed by atoms with Gasteiger partial charge in [0.25, 0.3) is 10.2 Å². The molecule has 0 radical (unpaired) electrons. The fraction of sp³-hybridized carbons (Fsp3) is 0.647. The third kappa shape index (κ3) is 3.62. The van der Waals surface area contributed by atoms with Gasteiger partial charge in [-0.15, -0.1) is 0 Å². The van der Waals surface area contributed by atoms with Crippen molar-refractivity contribution in [2.45, 2.75) is 39.0 Å². The highest BCUT2D eigenvalue weighted by Crippen LogP contribution is 2.34. The van der Waals surface area contributed by atoms with Crippen LogP contribution in [0.25, 0.3) is 0 Å². The molecule has 1 aromatic carbocycles. The molecule has 0 aliphatic carbocycles. The lowest BCUT2D eigenvalue weighted by molar-refractivity contribution is -0.0455. The highest BCUT2D eigenvalue weighted by molar-refractivity contribution is 7.86. The van der Waals surface area contributed by atoms with Crippen molar-refractivity contribution in [3.05, 3.63) is 23.3 Å². The third-order valence-electron chi connectivity index (χ3n) is 4.72. The average molecular weight is 370 g/mol. The van der Waals surface area contributed by atoms with E-state index in [2.05, 4.69) is 0 Å². The molecule has 0 unspecified atom stereocenters. The molecule has 1 saturated heterocycles. The summed E-state index contributed by atoms with van der Waals surface area (Å²) in [7, 11) is -0.331. The fourth-order valence-corrected chi connectivity index (χ4v) is 5.28. The molecule has 0 bridgehead atoms. The Morgan fingerprint density at radius 3 is 2.12 bits per heavy atom. The van der Waals surface area contributed by atoms with Crippen molar-refractivity contribution in [2.75, 3.05) is 33.9 Å². The van der Waals surface area contributed by atoms with Crippen molar-refractivity contribution in [2.24, 2.45) is 0 Å². The van der Waals surface area contributed by atoms with E-state index >= 15 is 0 Å². The zero-order valence-electron chi connectivity index (χ0n) is 15.2. The number of hydrogen-bond donors (Lipinski definition) is 0. The second kappa shape index (κ2) is 7.11. The van der Waals surface area contributed by atoms with Crippen LogP contribution < -0.4 is 9.47 Å². The van der Waals surface area contributed by atoms with Gasteiger partial charge in [0.1, 0.15) is 0 Å². The predicted molar refractivity (Wildman–Crippen MR) is 94.2 cm³/mol. The summed E-state index contributed by atoms with van der Waals surface area (Å²) in [5, 5.41) is 0. The number of rotatable bonds is 4. The Hall–Kier alpha value is -1.35. The lowest BCUT2D eigenvalue weighted by Crippen LogP contribution is -2.53. The molecule has 7 nitrogen and oxygen atoms in total. The van der Waals surface area contributed by atoms with Crippen molar-refractivity contribution in [1.82, 2.24) is 8.61 Å². The summed E-state index contributed by atoms with van der Waals surface area (Å²) >= 11 is 0. The van der Waals surface area contributed by atoms with E-state index in [1.54, 1.807) is 18.5 Å². The van der Waals surface area contributed by atoms with Gasteiger partial charge in [-0.2, -0.15) is 17.0 Å². The van der Waals surface area contributed by atoms with Crippen molar-refractivity contribution in [1.29, 1.82) is 0 Å². The molecule has 3 rings (SSSR count). The molecule has 0 spiro atoms. The largest absolute Gasteiger partial charge is 0.493 e. The number of methoxy groups -OCH3 is 2. The van der Waals surface area contributed by atoms with E-state index in [0.717, 1.165) is 11.1 Å². The van der Waals surface area contributed by atoms with E-state index in [1.165, 1.54) is 4.31 Å². The first kappa shape index (κ1) is 18.4. The Morgan fingerprint density at radius 1 is 1.00 bits per heavy atom. The van der Waals surface area contributed by atoms with Crippen molar-refractivity contribution >= 4 is 10.2 Å². The molecular weight excluding hydrogens is 344 g/mol. The zero-order valence-corrected chi connectivity index (χ0v) is 16.0. The molecule has 0 amide bonds. The van der Waals surface area contributed by atoms with Crippen LogP contribution in [0.4, 0.5) is 0 Å². The van der Waals surface area contributed by atoms with Crippen LogP contribution in [-0.4, -0.2) is 63.1 Å². The monoisotopic (exact) mass is 370 g/mol. The average Bonchev–Trinajstić information content (AvgIpc) is 2.59. The first-order valence-corrected chi connectivity index (χ1v) is 9.89. The third-order valence-corrected chi connectivity index (χ3v) is 6.64. The van der Waals surface area contributed by atoms with Crippen LogP contribution in [0.1, 0.15) is 25.0 Å². The lowest BCUT2D eigenvalue weighted by atomic mass is 10.0. The Bertz CT molecular complexity index is 727. The minimum absolute atomic E-state index is 0.0973. The number of fused-ring (bicyclic) bond motifs is 1. The van der Waals surface area contributed by atoms with Crippen LogP contribution >= 0.6 is 0 Å². The topological polar surface area (TPSA) is 68.3 Å². The Balaban J connectivity index is 1.84. The quantitative estimate of drug-likeness (QED) is 0.802. The van der Waals surface area contributed by atoms with E-state index < -0.39 is 10.2 Å². The number of ether oxygens (including phenoxy) is 3. The number of benzene rings is 1. The molecule has 2 aliphatic heterocycles. The fourth-order valence-electron chi connectivity index (χ4n) is 3.54. The summed E-state index contributed by atoms with van der Waals surface area (Å²) in [5.41, 5.74) is 2.06. The molecule has 1 fully saturated rings. The highest BCUT2D eigenvalue weighted by atomic mass is 32.2. The van der Waals surface area contributed by atoms with Crippen LogP contribution in [0, 0.1) is 0 Å². The molecule has 0 saturated carbocycles. The van der Waals surface area contributed by atoms with Gasteiger partial charge < -0.3 is 14.2 Å². The zero-order chi connectivity index (χ0) is 18.2. The van der Waals surface area contributed by atoms with Gasteiger partial charge in [0.05, 0.1) is 26.4 Å². The van der Waals surface area contributed by atoms with Crippen LogP contribution in [0.5, 0.6) is 11.5 Å². The maximum absolute atomic E-state index is 13.1. The number of hydrogen-bond acceptors (Lipinski definition) is 5. The molecule has 2 atom stereocenters. The van der Waals surface area contributed by atoms with Crippen LogP contribution in [-0.2, 0) is 27.9 Å². The number of morpholine rings is 1. The summed E-state index contributed by atoms with van der Waals surface area (Å²) in [5.74, 6) is 1.29. The van der Waals surface area contributed by atoms with E-state index in [0.29, 0.717) is 44.1 Å². The van der Waals surface area contributed by atoms with Gasteiger partial charge in [0.15, 0.2) is 11.5 Å². The Kier molecular flexibility index (Phi) is 5.24. The molecule has 25 heavy (non-hydrogen) atoms. The lowest BCUT2D eigenvalue weighted by Gasteiger charge is -2.38. The summed E-state index contributed by atoms with van der Waals surface area (Å²) < 4.78 is 45.5. The summed E-state index contributed by atoms with van der Waals surface area (Å²) in [4.78, 5) is 0. The minimum Gasteiger partial charge on any atom is -0.493 e. The summed E-state index contributed by atoms with van der Waals surface area (Å²) in [6.45, 7) is 5.40. The highest BCUT2D eigenvalue weighted by Gasteiger charge is 2.36. The minimum atomic E-state index is -3.51. The van der Waals surface area contributed by atoms with Crippen molar-refractivity contribution in [3.63, 3.8) is 0 Å². The second-order valence-electron chi connectivity index (χ2n) is 6.64. The molecule has 8 heteroatoms. The predicted octanol–water partition coefficient (Wildman–Crippen LogP) is 1.42. The van der Waals surface area contributed by atoms with Gasteiger partial charge in [0.2, 0.25) is 0 Å². The summed E-state index contributed by atoms with van der Waals surface area (Å²) in [6, 6.07) is 3.82. The van der Waals surface area contributed by atoms with Gasteiger partial charge in [-0.05, 0) is 43.5 Å². The van der Waals surface area contributed by atoms with Gasteiger partial charge in [-0.25, -0.2) is 0 Å². The van der Waals surface area contributed by atoms with Crippen LogP contribution in [0.2, 0.25) is 0 Å². The van der Waals surface area contributed by atoms with Gasteiger partial charge >= 0.3 is 0 Å². The van der Waals surface area contributed by atoms with Gasteiger partial charge in [-0.3, -0.25) is 0 Å². The molecule has 0 N–H and O–H groups in total. The summed E-state index contributed by atoms with van der Waals surface area (Å²) in [6.07, 6.45) is 0.463. The smallest absolute Gasteiger partial charge is 0.282 e. The van der Waals surface area contributed by atoms with E-state index in [-0.39, 0.29) is 12.2 Å². The first-order valence-electron chi connectivity index (χ1n) is 8.49. The van der Waals surface area contributed by atoms with E-state index in [4.69, 9.17) is 14.2 Å². The maximum atomic E-state index is 13.1. The van der Waals surface area contributed by atoms with Crippen LogP contribution in [0.3, 0.4) is 0 Å². The number of nitrogens with zero attached hydrogens (tertiary/aromatic N) is 2. The van der Waals surface area contributed by atoms with Crippen molar-refractivity contribution < 1.29 is 22.6 Å². The normalized spacial score (nSPS) is 25.4. The molecular formula is C17H26N2O5S. The van der Waals surface area contributed by atoms with E-state index in [1.807, 2.05) is 26.0 Å². The molecule has 140 valence electrons. The first-order chi connectivity index (χ1) is 11.8. The molecule has 1 aromatic rings. The van der Waals surface area contributed by atoms with Crippen LogP contribution in [0.15, 0.2) is 12.1 Å². The van der Waals surface area contributed by atoms with Gasteiger partial charge in [-0.1, -0.05) is 0 Å². The standard InChI is InChI=1S/C17H26N2O5S/c1-12-9-19(10-13(2)24-12)25(20,21)18-6-5-14-7-16(22-3)17(23-4)8-15(14)11-18/h7-8,12-13H,5-6,9-11H2,1-4H3/t12-,13-/m0/s1. The van der Waals surface area contributed by atoms with E-state index in [9.17, 15) is 8.42 Å². The maximum Gasteiger partial charge on any atom is 0.282 e. The van der Waals surface area contributed by atoms with Crippen molar-refractivity contribution in [3.8, 4) is 11.5 Å². The molecule has 2 aliphatic rings. The Labute approximate surface area is 149 Å². The molecule has 0 aromatic heterocycles. The molecule has 2 heterocycles. The SMILES string of the molecule is COc1cc2c(cc1OC)CN(S(=O)(=O)N1C[C@H](C)O[C@@H](C)C1)CC2. The Morgan fingerprint density at radius 2 is 1.56 bits per heavy atom. The second-order valence-corrected chi connectivity index (χ2v) is 8.57. The van der Waals surface area contributed by atoms with Gasteiger partial charge in [0, 0.05) is 26.2 Å².